The van der Waals surface area contributed by atoms with Crippen LogP contribution < -0.4 is 14.8 Å². The van der Waals surface area contributed by atoms with Crippen LogP contribution in [0.2, 0.25) is 0 Å². The quantitative estimate of drug-likeness (QED) is 0.452. The Morgan fingerprint density at radius 3 is 2.58 bits per heavy atom. The highest BCUT2D eigenvalue weighted by atomic mass is 16.6. The van der Waals surface area contributed by atoms with E-state index < -0.39 is 12.1 Å². The minimum atomic E-state index is -0.713. The number of carbonyl (C=O) groups excluding carboxylic acids is 2. The van der Waals surface area contributed by atoms with Crippen molar-refractivity contribution in [1.29, 1.82) is 0 Å². The van der Waals surface area contributed by atoms with E-state index in [0.29, 0.717) is 33.8 Å². The van der Waals surface area contributed by atoms with Gasteiger partial charge in [-0.25, -0.2) is 4.79 Å². The highest BCUT2D eigenvalue weighted by Gasteiger charge is 2.36. The normalized spacial score (nSPS) is 14.6. The molecule has 1 aliphatic heterocycles. The molecular weight excluding hydrogens is 424 g/mol. The molecule has 0 radical (unpaired) electrons. The van der Waals surface area contributed by atoms with Crippen LogP contribution in [0.1, 0.15) is 28.4 Å². The molecule has 1 amide bonds. The predicted molar refractivity (Wildman–Crippen MR) is 120 cm³/mol. The Labute approximate surface area is 188 Å². The number of hydrogen-bond donors (Lipinski definition) is 1. The van der Waals surface area contributed by atoms with Crippen LogP contribution in [0.4, 0.5) is 5.69 Å². The second kappa shape index (κ2) is 8.27. The topological polar surface area (TPSA) is 105 Å². The number of rotatable bonds is 6. The lowest BCUT2D eigenvalue weighted by Gasteiger charge is -2.12. The van der Waals surface area contributed by atoms with Gasteiger partial charge in [0, 0.05) is 11.3 Å². The van der Waals surface area contributed by atoms with Gasteiger partial charge in [0.05, 0.1) is 26.3 Å². The Morgan fingerprint density at radius 2 is 1.82 bits per heavy atom. The molecule has 1 atom stereocenters. The Balaban J connectivity index is 1.33. The number of nitrogens with zero attached hydrogens (tertiary/aromatic N) is 3. The third kappa shape index (κ3) is 3.73. The first kappa shape index (κ1) is 20.5. The van der Waals surface area contributed by atoms with Gasteiger partial charge in [-0.3, -0.25) is 4.79 Å². The number of para-hydroxylation sites is 1. The molecule has 33 heavy (non-hydrogen) atoms. The van der Waals surface area contributed by atoms with Crippen molar-refractivity contribution in [3.63, 3.8) is 0 Å². The van der Waals surface area contributed by atoms with Crippen molar-refractivity contribution in [2.75, 3.05) is 19.5 Å². The summed E-state index contributed by atoms with van der Waals surface area (Å²) in [6.45, 7) is 0. The first-order chi connectivity index (χ1) is 16.1. The first-order valence-corrected chi connectivity index (χ1v) is 10.3. The highest BCUT2D eigenvalue weighted by Crippen LogP contribution is 2.43. The molecule has 1 aromatic heterocycles. The lowest BCUT2D eigenvalue weighted by atomic mass is 10.0. The Morgan fingerprint density at radius 1 is 1.03 bits per heavy atom. The summed E-state index contributed by atoms with van der Waals surface area (Å²) in [6.07, 6.45) is -0.752. The van der Waals surface area contributed by atoms with Crippen molar-refractivity contribution in [2.24, 2.45) is 0 Å². The molecule has 9 heteroatoms. The number of ether oxygens (including phenoxy) is 3. The number of hydrogen-bond acceptors (Lipinski definition) is 7. The zero-order chi connectivity index (χ0) is 22.9. The van der Waals surface area contributed by atoms with Gasteiger partial charge < -0.3 is 19.5 Å². The summed E-state index contributed by atoms with van der Waals surface area (Å²) in [7, 11) is 2.94. The number of esters is 1. The van der Waals surface area contributed by atoms with E-state index in [-0.39, 0.29) is 17.9 Å². The lowest BCUT2D eigenvalue weighted by Crippen LogP contribution is -2.15. The predicted octanol–water partition coefficient (Wildman–Crippen LogP) is 3.68. The van der Waals surface area contributed by atoms with E-state index in [1.54, 1.807) is 35.1 Å². The maximum Gasteiger partial charge on any atom is 0.343 e. The van der Waals surface area contributed by atoms with Crippen LogP contribution in [0.25, 0.3) is 16.7 Å². The molecule has 1 N–H and O–H groups in total. The van der Waals surface area contributed by atoms with E-state index in [1.807, 2.05) is 30.3 Å². The number of cyclic esters (lactones) is 1. The van der Waals surface area contributed by atoms with Crippen LogP contribution in [0.15, 0.2) is 60.7 Å². The smallest absolute Gasteiger partial charge is 0.343 e. The number of amides is 1. The molecule has 4 aromatic rings. The van der Waals surface area contributed by atoms with Gasteiger partial charge in [0.1, 0.15) is 22.7 Å². The number of nitrogens with one attached hydrogen (secondary N) is 1. The standard InChI is InChI=1S/C24H20N4O5/c1-31-19-11-9-16-20(33-24(30)22(16)23(19)32-2)13-21(29)25-14-8-10-17-18(12-14)27-28(26-17)15-6-4-3-5-7-15/h3-12,20H,13H2,1-2H3,(H,25,29)/t20-/m1/s1. The minimum absolute atomic E-state index is 0.0387. The molecule has 0 unspecified atom stereocenters. The van der Waals surface area contributed by atoms with Gasteiger partial charge in [0.25, 0.3) is 0 Å². The fourth-order valence-electron chi connectivity index (χ4n) is 3.87. The van der Waals surface area contributed by atoms with Gasteiger partial charge in [0.2, 0.25) is 5.91 Å². The van der Waals surface area contributed by atoms with E-state index in [0.717, 1.165) is 5.69 Å². The summed E-state index contributed by atoms with van der Waals surface area (Å²) < 4.78 is 16.0. The van der Waals surface area contributed by atoms with Crippen molar-refractivity contribution in [2.45, 2.75) is 12.5 Å². The molecule has 9 nitrogen and oxygen atoms in total. The molecule has 166 valence electrons. The van der Waals surface area contributed by atoms with E-state index >= 15 is 0 Å². The summed E-state index contributed by atoms with van der Waals surface area (Å²) in [6, 6.07) is 18.3. The van der Waals surface area contributed by atoms with Crippen LogP contribution in [0, 0.1) is 0 Å². The average molecular weight is 444 g/mol. The van der Waals surface area contributed by atoms with Crippen LogP contribution in [0.5, 0.6) is 11.5 Å². The monoisotopic (exact) mass is 444 g/mol. The SMILES string of the molecule is COc1ccc2c(c1OC)C(=O)O[C@@H]2CC(=O)Nc1ccc2nn(-c3ccccc3)nc2c1. The van der Waals surface area contributed by atoms with Crippen molar-refractivity contribution < 1.29 is 23.8 Å². The Kier molecular flexibility index (Phi) is 5.14. The van der Waals surface area contributed by atoms with Gasteiger partial charge in [-0.1, -0.05) is 24.3 Å². The minimum Gasteiger partial charge on any atom is -0.493 e. The van der Waals surface area contributed by atoms with E-state index in [9.17, 15) is 9.59 Å². The number of aromatic nitrogens is 3. The Bertz CT molecular complexity index is 1370. The molecule has 2 heterocycles. The number of anilines is 1. The molecular formula is C24H20N4O5. The van der Waals surface area contributed by atoms with Crippen LogP contribution >= 0.6 is 0 Å². The van der Waals surface area contributed by atoms with Crippen LogP contribution in [0.3, 0.4) is 0 Å². The maximum atomic E-state index is 12.7. The molecule has 0 saturated heterocycles. The Hall–Kier alpha value is -4.40. The van der Waals surface area contributed by atoms with Crippen LogP contribution in [-0.2, 0) is 9.53 Å². The summed E-state index contributed by atoms with van der Waals surface area (Å²) in [5, 5.41) is 11.8. The highest BCUT2D eigenvalue weighted by molar-refractivity contribution is 5.99. The van der Waals surface area contributed by atoms with Gasteiger partial charge in [-0.15, -0.1) is 10.2 Å². The fourth-order valence-corrected chi connectivity index (χ4v) is 3.87. The second-order valence-corrected chi connectivity index (χ2v) is 7.44. The molecule has 3 aromatic carbocycles. The van der Waals surface area contributed by atoms with Gasteiger partial charge in [0.15, 0.2) is 11.5 Å². The van der Waals surface area contributed by atoms with Gasteiger partial charge >= 0.3 is 5.97 Å². The fraction of sp³-hybridized carbons (Fsp3) is 0.167. The second-order valence-electron chi connectivity index (χ2n) is 7.44. The lowest BCUT2D eigenvalue weighted by molar-refractivity contribution is -0.118. The van der Waals surface area contributed by atoms with E-state index in [2.05, 4.69) is 15.5 Å². The summed E-state index contributed by atoms with van der Waals surface area (Å²) in [5.74, 6) is -0.118. The van der Waals surface area contributed by atoms with Crippen molar-refractivity contribution >= 4 is 28.6 Å². The number of carbonyl (C=O) groups is 2. The average Bonchev–Trinajstić information content (AvgIpc) is 3.39. The summed E-state index contributed by atoms with van der Waals surface area (Å²) in [4.78, 5) is 26.7. The summed E-state index contributed by atoms with van der Waals surface area (Å²) in [5.41, 5.74) is 3.64. The first-order valence-electron chi connectivity index (χ1n) is 10.3. The van der Waals surface area contributed by atoms with E-state index in [1.165, 1.54) is 14.2 Å². The zero-order valence-corrected chi connectivity index (χ0v) is 17.9. The van der Waals surface area contributed by atoms with Crippen molar-refractivity contribution in [3.05, 3.63) is 71.8 Å². The number of benzene rings is 3. The number of fused-ring (bicyclic) bond motifs is 2. The third-order valence-corrected chi connectivity index (χ3v) is 5.40. The molecule has 0 aliphatic carbocycles. The summed E-state index contributed by atoms with van der Waals surface area (Å²) >= 11 is 0. The molecule has 0 bridgehead atoms. The third-order valence-electron chi connectivity index (χ3n) is 5.40. The van der Waals surface area contributed by atoms with E-state index in [4.69, 9.17) is 14.2 Å². The van der Waals surface area contributed by atoms with Crippen molar-refractivity contribution in [3.8, 4) is 17.2 Å². The molecule has 5 rings (SSSR count). The molecule has 0 saturated carbocycles. The molecule has 0 fully saturated rings. The van der Waals surface area contributed by atoms with Crippen LogP contribution in [-0.4, -0.2) is 41.1 Å². The zero-order valence-electron chi connectivity index (χ0n) is 17.9. The maximum absolute atomic E-state index is 12.7. The van der Waals surface area contributed by atoms with Gasteiger partial charge in [-0.2, -0.15) is 4.80 Å². The molecule has 0 spiro atoms. The molecule has 1 aliphatic rings. The van der Waals surface area contributed by atoms with Gasteiger partial charge in [-0.05, 0) is 36.4 Å². The largest absolute Gasteiger partial charge is 0.493 e. The van der Waals surface area contributed by atoms with Crippen molar-refractivity contribution in [1.82, 2.24) is 15.0 Å². The number of methoxy groups -OCH3 is 2.